The van der Waals surface area contributed by atoms with Gasteiger partial charge in [0.05, 0.1) is 12.7 Å². The summed E-state index contributed by atoms with van der Waals surface area (Å²) in [5.74, 6) is 0.134. The monoisotopic (exact) mass is 349 g/mol. The lowest BCUT2D eigenvalue weighted by Gasteiger charge is -2.16. The maximum Gasteiger partial charge on any atom is 0.416 e. The average molecular weight is 349 g/mol. The number of aldehydes is 1. The Morgan fingerprint density at radius 2 is 1.88 bits per heavy atom. The molecule has 0 atom stereocenters. The fourth-order valence-corrected chi connectivity index (χ4v) is 2.89. The normalized spacial score (nSPS) is 13.8. The summed E-state index contributed by atoms with van der Waals surface area (Å²) in [6.45, 7) is 0.0272. The third-order valence-electron chi connectivity index (χ3n) is 4.11. The fraction of sp³-hybridized carbons (Fsp3) is 0.222. The molecule has 0 unspecified atom stereocenters. The molecular formula is C18H14F3NO3. The molecule has 0 bridgehead atoms. The van der Waals surface area contributed by atoms with Crippen molar-refractivity contribution in [2.45, 2.75) is 19.3 Å². The predicted octanol–water partition coefficient (Wildman–Crippen LogP) is 3.68. The van der Waals surface area contributed by atoms with Crippen molar-refractivity contribution in [3.8, 4) is 5.75 Å². The highest BCUT2D eigenvalue weighted by Gasteiger charge is 2.40. The lowest BCUT2D eigenvalue weighted by molar-refractivity contribution is -0.138. The Labute approximate surface area is 141 Å². The maximum atomic E-state index is 13.3. The Bertz CT molecular complexity index is 829. The van der Waals surface area contributed by atoms with Crippen LogP contribution in [0.4, 0.5) is 13.2 Å². The summed E-state index contributed by atoms with van der Waals surface area (Å²) in [5.41, 5.74) is -0.475. The first kappa shape index (κ1) is 17.0. The van der Waals surface area contributed by atoms with Gasteiger partial charge in [0.25, 0.3) is 5.91 Å². The van der Waals surface area contributed by atoms with Gasteiger partial charge in [-0.3, -0.25) is 9.59 Å². The van der Waals surface area contributed by atoms with E-state index in [-0.39, 0.29) is 29.8 Å². The van der Waals surface area contributed by atoms with E-state index >= 15 is 0 Å². The van der Waals surface area contributed by atoms with Crippen LogP contribution in [-0.4, -0.2) is 24.2 Å². The summed E-state index contributed by atoms with van der Waals surface area (Å²) < 4.78 is 44.8. The largest absolute Gasteiger partial charge is 0.497 e. The number of hydrogen-bond donors (Lipinski definition) is 0. The van der Waals surface area contributed by atoms with Crippen molar-refractivity contribution in [2.24, 2.45) is 0 Å². The van der Waals surface area contributed by atoms with Crippen LogP contribution in [0.3, 0.4) is 0 Å². The number of fused-ring (bicyclic) bond motifs is 1. The van der Waals surface area contributed by atoms with Gasteiger partial charge in [-0.05, 0) is 35.4 Å². The van der Waals surface area contributed by atoms with Crippen LogP contribution in [0, 0.1) is 0 Å². The van der Waals surface area contributed by atoms with Crippen LogP contribution >= 0.6 is 0 Å². The molecule has 0 radical (unpaired) electrons. The van der Waals surface area contributed by atoms with Gasteiger partial charge < -0.3 is 9.64 Å². The van der Waals surface area contributed by atoms with Gasteiger partial charge in [0.1, 0.15) is 12.0 Å². The van der Waals surface area contributed by atoms with Crippen LogP contribution in [-0.2, 0) is 19.3 Å². The number of amides is 1. The van der Waals surface area contributed by atoms with E-state index < -0.39 is 17.6 Å². The van der Waals surface area contributed by atoms with Gasteiger partial charge in [-0.1, -0.05) is 12.1 Å². The van der Waals surface area contributed by atoms with Crippen molar-refractivity contribution in [1.29, 1.82) is 0 Å². The second kappa shape index (κ2) is 6.23. The molecule has 0 fully saturated rings. The zero-order chi connectivity index (χ0) is 18.2. The molecule has 7 heteroatoms. The summed E-state index contributed by atoms with van der Waals surface area (Å²) in [4.78, 5) is 24.7. The lowest BCUT2D eigenvalue weighted by atomic mass is 9.99. The van der Waals surface area contributed by atoms with Crippen LogP contribution in [0.2, 0.25) is 0 Å². The minimum Gasteiger partial charge on any atom is -0.497 e. The van der Waals surface area contributed by atoms with Crippen LogP contribution in [0.5, 0.6) is 5.75 Å². The average Bonchev–Trinajstić information content (AvgIpc) is 2.90. The van der Waals surface area contributed by atoms with Crippen LogP contribution in [0.15, 0.2) is 36.4 Å². The Kier molecular flexibility index (Phi) is 4.24. The summed E-state index contributed by atoms with van der Waals surface area (Å²) in [7, 11) is 1.53. The van der Waals surface area contributed by atoms with E-state index in [0.29, 0.717) is 12.0 Å². The Morgan fingerprint density at radius 1 is 1.20 bits per heavy atom. The van der Waals surface area contributed by atoms with E-state index in [2.05, 4.69) is 0 Å². The first-order chi connectivity index (χ1) is 11.8. The molecule has 1 aliphatic rings. The quantitative estimate of drug-likeness (QED) is 0.791. The number of rotatable bonds is 4. The molecule has 1 amide bonds. The van der Waals surface area contributed by atoms with Gasteiger partial charge in [-0.25, -0.2) is 0 Å². The van der Waals surface area contributed by atoms with Crippen molar-refractivity contribution < 1.29 is 27.5 Å². The standard InChI is InChI=1S/C18H14F3NO3/c1-25-13-4-2-11(3-5-13)8-22-9-15-14(17(22)24)6-12(10-23)7-16(15)18(19,20)21/h2-7,10H,8-9H2,1H3. The van der Waals surface area contributed by atoms with Gasteiger partial charge in [0, 0.05) is 24.2 Å². The third-order valence-corrected chi connectivity index (χ3v) is 4.11. The highest BCUT2D eigenvalue weighted by atomic mass is 19.4. The van der Waals surface area contributed by atoms with Crippen molar-refractivity contribution in [3.05, 3.63) is 64.2 Å². The molecular weight excluding hydrogens is 335 g/mol. The summed E-state index contributed by atoms with van der Waals surface area (Å²) in [6, 6.07) is 8.93. The number of alkyl halides is 3. The van der Waals surface area contributed by atoms with Crippen molar-refractivity contribution in [3.63, 3.8) is 0 Å². The van der Waals surface area contributed by atoms with E-state index in [4.69, 9.17) is 4.74 Å². The number of carbonyl (C=O) groups excluding carboxylic acids is 2. The van der Waals surface area contributed by atoms with Gasteiger partial charge in [0.2, 0.25) is 0 Å². The second-order valence-corrected chi connectivity index (χ2v) is 5.72. The molecule has 4 nitrogen and oxygen atoms in total. The van der Waals surface area contributed by atoms with Gasteiger partial charge >= 0.3 is 6.18 Å². The van der Waals surface area contributed by atoms with E-state index in [1.54, 1.807) is 24.3 Å². The SMILES string of the molecule is COc1ccc(CN2Cc3c(cc(C=O)cc3C(F)(F)F)C2=O)cc1. The Balaban J connectivity index is 1.93. The topological polar surface area (TPSA) is 46.6 Å². The molecule has 0 N–H and O–H groups in total. The number of nitrogens with zero attached hydrogens (tertiary/aromatic N) is 1. The van der Waals surface area contributed by atoms with Gasteiger partial charge in [-0.15, -0.1) is 0 Å². The zero-order valence-electron chi connectivity index (χ0n) is 13.3. The highest BCUT2D eigenvalue weighted by molar-refractivity contribution is 6.00. The molecule has 2 aromatic rings. The van der Waals surface area contributed by atoms with Crippen molar-refractivity contribution in [1.82, 2.24) is 4.90 Å². The van der Waals surface area contributed by atoms with Crippen molar-refractivity contribution in [2.75, 3.05) is 7.11 Å². The first-order valence-electron chi connectivity index (χ1n) is 7.45. The number of hydrogen-bond acceptors (Lipinski definition) is 3. The van der Waals surface area contributed by atoms with Crippen LogP contribution in [0.1, 0.15) is 37.4 Å². The lowest BCUT2D eigenvalue weighted by Crippen LogP contribution is -2.23. The van der Waals surface area contributed by atoms with E-state index in [9.17, 15) is 22.8 Å². The number of methoxy groups -OCH3 is 1. The highest BCUT2D eigenvalue weighted by Crippen LogP contribution is 2.38. The number of carbonyl (C=O) groups is 2. The smallest absolute Gasteiger partial charge is 0.416 e. The van der Waals surface area contributed by atoms with E-state index in [0.717, 1.165) is 11.6 Å². The number of benzene rings is 2. The first-order valence-corrected chi connectivity index (χ1v) is 7.45. The van der Waals surface area contributed by atoms with Crippen molar-refractivity contribution >= 4 is 12.2 Å². The Morgan fingerprint density at radius 3 is 2.44 bits per heavy atom. The molecule has 0 saturated heterocycles. The molecule has 1 aliphatic heterocycles. The molecule has 2 aromatic carbocycles. The minimum absolute atomic E-state index is 0.0644. The zero-order valence-corrected chi connectivity index (χ0v) is 13.3. The molecule has 25 heavy (non-hydrogen) atoms. The van der Waals surface area contributed by atoms with Gasteiger partial charge in [-0.2, -0.15) is 13.2 Å². The number of ether oxygens (including phenoxy) is 1. The molecule has 0 aliphatic carbocycles. The predicted molar refractivity (Wildman–Crippen MR) is 83.4 cm³/mol. The third kappa shape index (κ3) is 3.22. The minimum atomic E-state index is -4.63. The number of halogens is 3. The van der Waals surface area contributed by atoms with Crippen LogP contribution < -0.4 is 4.74 Å². The molecule has 1 heterocycles. The van der Waals surface area contributed by atoms with E-state index in [1.807, 2.05) is 0 Å². The fourth-order valence-electron chi connectivity index (χ4n) is 2.89. The molecule has 3 rings (SSSR count). The van der Waals surface area contributed by atoms with Crippen LogP contribution in [0.25, 0.3) is 0 Å². The molecule has 130 valence electrons. The maximum absolute atomic E-state index is 13.3. The summed E-state index contributed by atoms with van der Waals surface area (Å²) in [5, 5.41) is 0. The molecule has 0 aromatic heterocycles. The molecule has 0 spiro atoms. The second-order valence-electron chi connectivity index (χ2n) is 5.72. The van der Waals surface area contributed by atoms with Gasteiger partial charge in [0.15, 0.2) is 0 Å². The van der Waals surface area contributed by atoms with E-state index in [1.165, 1.54) is 18.1 Å². The molecule has 0 saturated carbocycles. The summed E-state index contributed by atoms with van der Waals surface area (Å²) in [6.07, 6.45) is -4.31. The Hall–Kier alpha value is -2.83. The summed E-state index contributed by atoms with van der Waals surface area (Å²) >= 11 is 0.